The van der Waals surface area contributed by atoms with Gasteiger partial charge in [-0.3, -0.25) is 4.79 Å². The average Bonchev–Trinajstić information content (AvgIpc) is 3.25. The Morgan fingerprint density at radius 1 is 1.50 bits per heavy atom. The number of carbonyl (C=O) groups is 1. The largest absolute Gasteiger partial charge is 0.352 e. The fourth-order valence-electron chi connectivity index (χ4n) is 2.55. The van der Waals surface area contributed by atoms with Crippen molar-refractivity contribution in [1.82, 2.24) is 15.5 Å². The Bertz CT molecular complexity index is 689. The summed E-state index contributed by atoms with van der Waals surface area (Å²) in [5, 5.41) is 7.78. The van der Waals surface area contributed by atoms with Crippen molar-refractivity contribution < 1.29 is 9.32 Å². The van der Waals surface area contributed by atoms with Crippen molar-refractivity contribution in [3.05, 3.63) is 23.0 Å². The monoisotopic (exact) mass is 302 g/mol. The van der Waals surface area contributed by atoms with Gasteiger partial charge in [-0.2, -0.15) is 0 Å². The number of pyridine rings is 1. The first-order valence-electron chi connectivity index (χ1n) is 7.90. The maximum atomic E-state index is 12.6. The Morgan fingerprint density at radius 2 is 2.27 bits per heavy atom. The number of nitrogens with one attached hydrogen (secondary N) is 1. The van der Waals surface area contributed by atoms with Gasteiger partial charge < -0.3 is 15.6 Å². The summed E-state index contributed by atoms with van der Waals surface area (Å²) in [5.74, 6) is 0.519. The number of rotatable bonds is 6. The summed E-state index contributed by atoms with van der Waals surface area (Å²) < 4.78 is 5.38. The van der Waals surface area contributed by atoms with Crippen molar-refractivity contribution in [3.63, 3.8) is 0 Å². The van der Waals surface area contributed by atoms with Crippen LogP contribution < -0.4 is 11.1 Å². The molecule has 0 saturated heterocycles. The van der Waals surface area contributed by atoms with E-state index in [0.717, 1.165) is 36.0 Å². The van der Waals surface area contributed by atoms with Crippen LogP contribution in [-0.2, 0) is 0 Å². The average molecular weight is 302 g/mol. The van der Waals surface area contributed by atoms with E-state index in [9.17, 15) is 4.79 Å². The van der Waals surface area contributed by atoms with E-state index in [4.69, 9.17) is 10.3 Å². The zero-order valence-electron chi connectivity index (χ0n) is 13.1. The quantitative estimate of drug-likeness (QED) is 0.798. The van der Waals surface area contributed by atoms with E-state index >= 15 is 0 Å². The van der Waals surface area contributed by atoms with Crippen molar-refractivity contribution in [2.24, 2.45) is 5.73 Å². The van der Waals surface area contributed by atoms with Crippen LogP contribution in [-0.4, -0.2) is 29.1 Å². The Balaban J connectivity index is 2.03. The third-order valence-electron chi connectivity index (χ3n) is 3.95. The van der Waals surface area contributed by atoms with Crippen LogP contribution in [0.25, 0.3) is 11.1 Å². The molecule has 1 aliphatic rings. The maximum absolute atomic E-state index is 12.6. The van der Waals surface area contributed by atoms with Gasteiger partial charge in [0.2, 0.25) is 0 Å². The number of hydrogen-bond donors (Lipinski definition) is 2. The molecule has 0 atom stereocenters. The maximum Gasteiger partial charge on any atom is 0.259 e. The third-order valence-corrected chi connectivity index (χ3v) is 3.95. The molecule has 0 radical (unpaired) electrons. The molecule has 22 heavy (non-hydrogen) atoms. The molecule has 0 aliphatic heterocycles. The van der Waals surface area contributed by atoms with Gasteiger partial charge >= 0.3 is 0 Å². The first-order valence-corrected chi connectivity index (χ1v) is 7.90. The number of nitrogens with zero attached hydrogens (tertiary/aromatic N) is 2. The lowest BCUT2D eigenvalue weighted by Gasteiger charge is -2.08. The van der Waals surface area contributed by atoms with Crippen molar-refractivity contribution in [2.45, 2.75) is 44.9 Å². The molecular weight excluding hydrogens is 280 g/mol. The van der Waals surface area contributed by atoms with Crippen LogP contribution in [0.1, 0.15) is 66.7 Å². The zero-order valence-corrected chi connectivity index (χ0v) is 13.1. The molecule has 118 valence electrons. The number of carbonyl (C=O) groups excluding carboxylic acids is 1. The fraction of sp³-hybridized carbons (Fsp3) is 0.562. The highest BCUT2D eigenvalue weighted by Gasteiger charge is 2.29. The Labute approximate surface area is 129 Å². The topological polar surface area (TPSA) is 94.0 Å². The molecule has 2 aromatic heterocycles. The zero-order chi connectivity index (χ0) is 15.7. The van der Waals surface area contributed by atoms with Crippen molar-refractivity contribution in [1.29, 1.82) is 0 Å². The van der Waals surface area contributed by atoms with Crippen LogP contribution in [0.15, 0.2) is 10.6 Å². The Kier molecular flexibility index (Phi) is 4.11. The Morgan fingerprint density at radius 3 is 2.91 bits per heavy atom. The molecule has 1 saturated carbocycles. The molecule has 0 spiro atoms. The summed E-state index contributed by atoms with van der Waals surface area (Å²) in [4.78, 5) is 17.1. The van der Waals surface area contributed by atoms with E-state index < -0.39 is 0 Å². The van der Waals surface area contributed by atoms with Crippen LogP contribution >= 0.6 is 0 Å². The van der Waals surface area contributed by atoms with Gasteiger partial charge in [0, 0.05) is 18.2 Å². The van der Waals surface area contributed by atoms with Crippen LogP contribution in [0.3, 0.4) is 0 Å². The van der Waals surface area contributed by atoms with Gasteiger partial charge in [0.05, 0.1) is 16.6 Å². The minimum absolute atomic E-state index is 0.104. The molecule has 1 fully saturated rings. The lowest BCUT2D eigenvalue weighted by atomic mass is 10.0. The third kappa shape index (κ3) is 2.83. The lowest BCUT2D eigenvalue weighted by Crippen LogP contribution is -2.26. The van der Waals surface area contributed by atoms with Crippen molar-refractivity contribution >= 4 is 17.0 Å². The summed E-state index contributed by atoms with van der Waals surface area (Å²) in [6.07, 6.45) is 3.01. The SMILES string of the molecule is CC(C)c1noc2nc(C3CC3)cc(C(=O)NCCCN)c12. The molecule has 3 N–H and O–H groups in total. The molecule has 2 aromatic rings. The van der Waals surface area contributed by atoms with Gasteiger partial charge in [-0.05, 0) is 37.8 Å². The number of hydrogen-bond acceptors (Lipinski definition) is 5. The molecular formula is C16H22N4O2. The number of fused-ring (bicyclic) bond motifs is 1. The van der Waals surface area contributed by atoms with E-state index in [1.165, 1.54) is 0 Å². The predicted octanol–water partition coefficient (Wildman–Crippen LogP) is 2.30. The van der Waals surface area contributed by atoms with E-state index in [-0.39, 0.29) is 11.8 Å². The molecule has 3 rings (SSSR count). The smallest absolute Gasteiger partial charge is 0.259 e. The van der Waals surface area contributed by atoms with Crippen LogP contribution in [0, 0.1) is 0 Å². The number of aromatic nitrogens is 2. The second kappa shape index (κ2) is 6.04. The van der Waals surface area contributed by atoms with Gasteiger partial charge in [0.25, 0.3) is 11.6 Å². The van der Waals surface area contributed by atoms with Crippen molar-refractivity contribution in [2.75, 3.05) is 13.1 Å². The van der Waals surface area contributed by atoms with Gasteiger partial charge in [-0.1, -0.05) is 19.0 Å². The summed E-state index contributed by atoms with van der Waals surface area (Å²) in [6, 6.07) is 1.90. The standard InChI is InChI=1S/C16H22N4O2/c1-9(2)14-13-11(15(21)18-7-3-6-17)8-12(10-4-5-10)19-16(13)22-20-14/h8-10H,3-7,17H2,1-2H3,(H,18,21). The first kappa shape index (κ1) is 15.0. The second-order valence-corrected chi connectivity index (χ2v) is 6.17. The molecule has 6 heteroatoms. The van der Waals surface area contributed by atoms with Crippen LogP contribution in [0.4, 0.5) is 0 Å². The second-order valence-electron chi connectivity index (χ2n) is 6.17. The van der Waals surface area contributed by atoms with E-state index in [1.54, 1.807) is 0 Å². The van der Waals surface area contributed by atoms with Crippen molar-refractivity contribution in [3.8, 4) is 0 Å². The molecule has 1 amide bonds. The minimum Gasteiger partial charge on any atom is -0.352 e. The van der Waals surface area contributed by atoms with Gasteiger partial charge in [0.1, 0.15) is 0 Å². The van der Waals surface area contributed by atoms with Gasteiger partial charge in [-0.15, -0.1) is 0 Å². The summed E-state index contributed by atoms with van der Waals surface area (Å²) in [6.45, 7) is 5.19. The molecule has 1 aliphatic carbocycles. The summed E-state index contributed by atoms with van der Waals surface area (Å²) >= 11 is 0. The number of nitrogens with two attached hydrogens (primary N) is 1. The van der Waals surface area contributed by atoms with Gasteiger partial charge in [-0.25, -0.2) is 4.98 Å². The predicted molar refractivity (Wildman–Crippen MR) is 83.9 cm³/mol. The molecule has 0 unspecified atom stereocenters. The van der Waals surface area contributed by atoms with Crippen LogP contribution in [0.2, 0.25) is 0 Å². The van der Waals surface area contributed by atoms with E-state index in [2.05, 4.69) is 15.5 Å². The molecule has 0 aromatic carbocycles. The molecule has 6 nitrogen and oxygen atoms in total. The normalized spacial score (nSPS) is 14.7. The van der Waals surface area contributed by atoms with Crippen LogP contribution in [0.5, 0.6) is 0 Å². The Hall–Kier alpha value is -1.95. The lowest BCUT2D eigenvalue weighted by molar-refractivity contribution is 0.0955. The summed E-state index contributed by atoms with van der Waals surface area (Å²) in [7, 11) is 0. The number of amides is 1. The minimum atomic E-state index is -0.104. The van der Waals surface area contributed by atoms with E-state index in [0.29, 0.717) is 30.3 Å². The highest BCUT2D eigenvalue weighted by molar-refractivity contribution is 6.06. The molecule has 2 heterocycles. The molecule has 0 bridgehead atoms. The first-order chi connectivity index (χ1) is 10.6. The highest BCUT2D eigenvalue weighted by atomic mass is 16.5. The highest BCUT2D eigenvalue weighted by Crippen LogP contribution is 2.41. The van der Waals surface area contributed by atoms with Gasteiger partial charge in [0.15, 0.2) is 0 Å². The summed E-state index contributed by atoms with van der Waals surface area (Å²) in [5.41, 5.74) is 8.29. The fourth-order valence-corrected chi connectivity index (χ4v) is 2.55. The van der Waals surface area contributed by atoms with E-state index in [1.807, 2.05) is 19.9 Å².